The molecule has 1 rings (SSSR count). The standard InChI is InChI=1S/C12H17F2NO2S/c1-17-7-6-15-5-2-8-18(16)12-9-10(13)3-4-11(12)14/h3-4,9,15H,2,5-8H2,1H3. The molecule has 6 heteroatoms. The van der Waals surface area contributed by atoms with Gasteiger partial charge >= 0.3 is 0 Å². The van der Waals surface area contributed by atoms with Gasteiger partial charge in [0, 0.05) is 19.4 Å². The van der Waals surface area contributed by atoms with Crippen molar-refractivity contribution in [2.24, 2.45) is 0 Å². The molecule has 0 saturated carbocycles. The van der Waals surface area contributed by atoms with Crippen molar-refractivity contribution in [2.75, 3.05) is 32.6 Å². The zero-order valence-corrected chi connectivity index (χ0v) is 11.1. The van der Waals surface area contributed by atoms with Gasteiger partial charge < -0.3 is 10.1 Å². The van der Waals surface area contributed by atoms with Crippen LogP contribution in [0, 0.1) is 11.6 Å². The summed E-state index contributed by atoms with van der Waals surface area (Å²) in [5.74, 6) is -0.888. The molecule has 1 N–H and O–H groups in total. The normalized spacial score (nSPS) is 12.6. The molecule has 0 heterocycles. The summed E-state index contributed by atoms with van der Waals surface area (Å²) in [4.78, 5) is -0.0631. The van der Waals surface area contributed by atoms with E-state index in [1.807, 2.05) is 0 Å². The average Bonchev–Trinajstić information content (AvgIpc) is 2.36. The molecule has 18 heavy (non-hydrogen) atoms. The summed E-state index contributed by atoms with van der Waals surface area (Å²) < 4.78 is 42.8. The minimum absolute atomic E-state index is 0.0631. The molecule has 0 saturated heterocycles. The van der Waals surface area contributed by atoms with E-state index in [0.29, 0.717) is 25.3 Å². The molecule has 0 aliphatic carbocycles. The summed E-state index contributed by atoms with van der Waals surface area (Å²) in [7, 11) is 0.116. The lowest BCUT2D eigenvalue weighted by atomic mass is 10.3. The van der Waals surface area contributed by atoms with E-state index in [0.717, 1.165) is 24.7 Å². The number of hydrogen-bond donors (Lipinski definition) is 1. The third-order valence-electron chi connectivity index (χ3n) is 2.30. The molecule has 0 aliphatic rings. The van der Waals surface area contributed by atoms with E-state index in [4.69, 9.17) is 4.74 Å². The highest BCUT2D eigenvalue weighted by Crippen LogP contribution is 2.14. The molecule has 0 aromatic heterocycles. The van der Waals surface area contributed by atoms with E-state index in [2.05, 4.69) is 5.32 Å². The molecule has 0 spiro atoms. The van der Waals surface area contributed by atoms with Crippen LogP contribution in [0.4, 0.5) is 8.78 Å². The van der Waals surface area contributed by atoms with E-state index in [-0.39, 0.29) is 4.90 Å². The van der Waals surface area contributed by atoms with Crippen molar-refractivity contribution in [1.29, 1.82) is 0 Å². The molecule has 0 radical (unpaired) electrons. The summed E-state index contributed by atoms with van der Waals surface area (Å²) in [6.07, 6.45) is 0.631. The maximum atomic E-state index is 13.3. The van der Waals surface area contributed by atoms with E-state index < -0.39 is 22.4 Å². The Hall–Kier alpha value is -0.850. The van der Waals surface area contributed by atoms with Gasteiger partial charge in [-0.05, 0) is 31.2 Å². The molecule has 0 aliphatic heterocycles. The van der Waals surface area contributed by atoms with Crippen molar-refractivity contribution >= 4 is 10.8 Å². The number of methoxy groups -OCH3 is 1. The minimum Gasteiger partial charge on any atom is -0.383 e. The average molecular weight is 277 g/mol. The third kappa shape index (κ3) is 5.20. The van der Waals surface area contributed by atoms with Crippen LogP contribution in [-0.2, 0) is 15.5 Å². The van der Waals surface area contributed by atoms with Crippen molar-refractivity contribution in [3.05, 3.63) is 29.8 Å². The Morgan fingerprint density at radius 1 is 1.33 bits per heavy atom. The van der Waals surface area contributed by atoms with Crippen molar-refractivity contribution in [1.82, 2.24) is 5.32 Å². The van der Waals surface area contributed by atoms with Gasteiger partial charge in [-0.1, -0.05) is 0 Å². The fraction of sp³-hybridized carbons (Fsp3) is 0.500. The van der Waals surface area contributed by atoms with Gasteiger partial charge in [-0.25, -0.2) is 8.78 Å². The molecule has 0 amide bonds. The summed E-state index contributed by atoms with van der Waals surface area (Å²) in [5, 5.41) is 3.09. The van der Waals surface area contributed by atoms with Gasteiger partial charge in [0.05, 0.1) is 22.3 Å². The van der Waals surface area contributed by atoms with Crippen LogP contribution < -0.4 is 5.32 Å². The Morgan fingerprint density at radius 2 is 2.11 bits per heavy atom. The monoisotopic (exact) mass is 277 g/mol. The first-order valence-electron chi connectivity index (χ1n) is 5.68. The van der Waals surface area contributed by atoms with Gasteiger partial charge in [0.2, 0.25) is 0 Å². The Bertz CT molecular complexity index is 402. The molecule has 0 bridgehead atoms. The molecule has 3 nitrogen and oxygen atoms in total. The lowest BCUT2D eigenvalue weighted by Gasteiger charge is -2.05. The molecule has 1 aromatic rings. The molecule has 1 atom stereocenters. The highest BCUT2D eigenvalue weighted by molar-refractivity contribution is 7.85. The summed E-state index contributed by atoms with van der Waals surface area (Å²) in [5.41, 5.74) is 0. The van der Waals surface area contributed by atoms with E-state index >= 15 is 0 Å². The predicted octanol–water partition coefficient (Wildman–Crippen LogP) is 1.70. The fourth-order valence-corrected chi connectivity index (χ4v) is 2.55. The van der Waals surface area contributed by atoms with E-state index in [9.17, 15) is 13.0 Å². The summed E-state index contributed by atoms with van der Waals surface area (Å²) in [6.45, 7) is 2.01. The van der Waals surface area contributed by atoms with Gasteiger partial charge in [0.15, 0.2) is 0 Å². The van der Waals surface area contributed by atoms with Crippen molar-refractivity contribution in [2.45, 2.75) is 11.3 Å². The smallest absolute Gasteiger partial charge is 0.139 e. The van der Waals surface area contributed by atoms with Gasteiger partial charge in [-0.3, -0.25) is 4.21 Å². The Balaban J connectivity index is 2.34. The Labute approximate surface area is 108 Å². The number of hydrogen-bond acceptors (Lipinski definition) is 3. The van der Waals surface area contributed by atoms with Gasteiger partial charge in [0.25, 0.3) is 0 Å². The number of rotatable bonds is 8. The number of halogens is 2. The first-order valence-corrected chi connectivity index (χ1v) is 7.00. The van der Waals surface area contributed by atoms with Crippen LogP contribution >= 0.6 is 0 Å². The first-order chi connectivity index (χ1) is 8.65. The van der Waals surface area contributed by atoms with Gasteiger partial charge in [0.1, 0.15) is 11.6 Å². The Morgan fingerprint density at radius 3 is 2.83 bits per heavy atom. The van der Waals surface area contributed by atoms with Crippen LogP contribution in [-0.4, -0.2) is 36.8 Å². The molecular formula is C12H17F2NO2S. The van der Waals surface area contributed by atoms with E-state index in [1.54, 1.807) is 7.11 Å². The van der Waals surface area contributed by atoms with Crippen LogP contribution in [0.2, 0.25) is 0 Å². The lowest BCUT2D eigenvalue weighted by molar-refractivity contribution is 0.199. The fourth-order valence-electron chi connectivity index (χ4n) is 1.39. The summed E-state index contributed by atoms with van der Waals surface area (Å²) in [6, 6.07) is 3.01. The van der Waals surface area contributed by atoms with Crippen LogP contribution in [0.3, 0.4) is 0 Å². The van der Waals surface area contributed by atoms with Gasteiger partial charge in [-0.2, -0.15) is 0 Å². The van der Waals surface area contributed by atoms with Crippen molar-refractivity contribution < 1.29 is 17.7 Å². The number of ether oxygens (including phenoxy) is 1. The number of benzene rings is 1. The van der Waals surface area contributed by atoms with Crippen LogP contribution in [0.25, 0.3) is 0 Å². The minimum atomic E-state index is -1.50. The Kier molecular flexibility index (Phi) is 7.00. The highest BCUT2D eigenvalue weighted by atomic mass is 32.2. The van der Waals surface area contributed by atoms with Crippen LogP contribution in [0.1, 0.15) is 6.42 Å². The van der Waals surface area contributed by atoms with E-state index in [1.165, 1.54) is 0 Å². The lowest BCUT2D eigenvalue weighted by Crippen LogP contribution is -2.21. The molecule has 1 unspecified atom stereocenters. The van der Waals surface area contributed by atoms with Crippen LogP contribution in [0.15, 0.2) is 23.1 Å². The molecule has 0 fully saturated rings. The third-order valence-corrected chi connectivity index (χ3v) is 3.77. The quantitative estimate of drug-likeness (QED) is 0.735. The summed E-state index contributed by atoms with van der Waals surface area (Å²) >= 11 is 0. The predicted molar refractivity (Wildman–Crippen MR) is 67.0 cm³/mol. The van der Waals surface area contributed by atoms with Gasteiger partial charge in [-0.15, -0.1) is 0 Å². The van der Waals surface area contributed by atoms with Crippen molar-refractivity contribution in [3.8, 4) is 0 Å². The maximum absolute atomic E-state index is 13.3. The molecule has 1 aromatic carbocycles. The van der Waals surface area contributed by atoms with Crippen molar-refractivity contribution in [3.63, 3.8) is 0 Å². The SMILES string of the molecule is COCCNCCCS(=O)c1cc(F)ccc1F. The van der Waals surface area contributed by atoms with Crippen LogP contribution in [0.5, 0.6) is 0 Å². The highest BCUT2D eigenvalue weighted by Gasteiger charge is 2.10. The maximum Gasteiger partial charge on any atom is 0.139 e. The molecular weight excluding hydrogens is 260 g/mol. The zero-order valence-electron chi connectivity index (χ0n) is 10.2. The zero-order chi connectivity index (χ0) is 13.4. The number of nitrogens with one attached hydrogen (secondary N) is 1. The second kappa shape index (κ2) is 8.29. The first kappa shape index (κ1) is 15.2. The molecule has 102 valence electrons. The second-order valence-electron chi connectivity index (χ2n) is 3.72. The second-order valence-corrected chi connectivity index (χ2v) is 5.26. The topological polar surface area (TPSA) is 38.3 Å². The largest absolute Gasteiger partial charge is 0.383 e.